The molecule has 1 aliphatic heterocycles. The van der Waals surface area contributed by atoms with Crippen LogP contribution < -0.4 is 4.90 Å². The lowest BCUT2D eigenvalue weighted by Crippen LogP contribution is -2.36. The highest BCUT2D eigenvalue weighted by atomic mass is 16.5. The third-order valence-corrected chi connectivity index (χ3v) is 2.72. The molecule has 18 heavy (non-hydrogen) atoms. The second-order valence-corrected chi connectivity index (χ2v) is 4.52. The van der Waals surface area contributed by atoms with E-state index < -0.39 is 0 Å². The molecule has 0 aliphatic carbocycles. The van der Waals surface area contributed by atoms with E-state index in [1.165, 1.54) is 0 Å². The van der Waals surface area contributed by atoms with Gasteiger partial charge >= 0.3 is 0 Å². The van der Waals surface area contributed by atoms with Crippen LogP contribution in [0.4, 0.5) is 11.4 Å². The molecule has 0 unspecified atom stereocenters. The van der Waals surface area contributed by atoms with Crippen molar-refractivity contribution in [1.82, 2.24) is 0 Å². The van der Waals surface area contributed by atoms with E-state index in [0.29, 0.717) is 0 Å². The highest BCUT2D eigenvalue weighted by molar-refractivity contribution is 5.70. The second kappa shape index (κ2) is 6.34. The number of benzene rings is 1. The third-order valence-electron chi connectivity index (χ3n) is 2.72. The third kappa shape index (κ3) is 3.42. The van der Waals surface area contributed by atoms with Crippen molar-refractivity contribution < 1.29 is 4.74 Å². The molecule has 1 saturated heterocycles. The molecule has 0 saturated carbocycles. The van der Waals surface area contributed by atoms with Gasteiger partial charge in [0.2, 0.25) is 0 Å². The summed E-state index contributed by atoms with van der Waals surface area (Å²) in [4.78, 5) is 10.8. The number of anilines is 1. The van der Waals surface area contributed by atoms with Crippen LogP contribution in [0, 0.1) is 0 Å². The molecule has 0 radical (unpaired) electrons. The van der Waals surface area contributed by atoms with Gasteiger partial charge in [0.1, 0.15) is 0 Å². The van der Waals surface area contributed by atoms with E-state index in [9.17, 15) is 0 Å². The van der Waals surface area contributed by atoms with E-state index >= 15 is 0 Å². The maximum absolute atomic E-state index is 5.37. The summed E-state index contributed by atoms with van der Waals surface area (Å²) in [6, 6.07) is 11.1. The summed E-state index contributed by atoms with van der Waals surface area (Å²) >= 11 is 0. The molecule has 0 atom stereocenters. The summed E-state index contributed by atoms with van der Waals surface area (Å²) in [5, 5.41) is 0. The van der Waals surface area contributed by atoms with Gasteiger partial charge in [-0.25, -0.2) is 4.99 Å². The molecule has 0 amide bonds. The Labute approximate surface area is 108 Å². The zero-order valence-electron chi connectivity index (χ0n) is 11.0. The van der Waals surface area contributed by atoms with E-state index in [-0.39, 0.29) is 6.04 Å². The molecule has 4 nitrogen and oxygen atoms in total. The Morgan fingerprint density at radius 1 is 1.22 bits per heavy atom. The van der Waals surface area contributed by atoms with E-state index in [1.807, 2.05) is 32.0 Å². The molecule has 2 rings (SSSR count). The number of morpholine rings is 1. The predicted molar refractivity (Wildman–Crippen MR) is 74.1 cm³/mol. The zero-order valence-corrected chi connectivity index (χ0v) is 11.0. The summed E-state index contributed by atoms with van der Waals surface area (Å²) in [5.41, 5.74) is 2.05. The average molecular weight is 245 g/mol. The summed E-state index contributed by atoms with van der Waals surface area (Å²) < 4.78 is 5.37. The molecule has 96 valence electrons. The summed E-state index contributed by atoms with van der Waals surface area (Å²) in [5.74, 6) is 0. The van der Waals surface area contributed by atoms with E-state index in [2.05, 4.69) is 27.0 Å². The van der Waals surface area contributed by atoms with Crippen LogP contribution in [-0.4, -0.2) is 38.4 Å². The lowest BCUT2D eigenvalue weighted by atomic mass is 10.2. The van der Waals surface area contributed by atoms with Crippen molar-refractivity contribution in [3.05, 3.63) is 24.3 Å². The smallest absolute Gasteiger partial charge is 0.0979 e. The van der Waals surface area contributed by atoms with Gasteiger partial charge in [-0.15, -0.1) is 0 Å². The SMILES string of the molecule is CC(C)N=C=Nc1ccccc1N1CCOCC1. The van der Waals surface area contributed by atoms with Crippen LogP contribution >= 0.6 is 0 Å². The van der Waals surface area contributed by atoms with Crippen molar-refractivity contribution in [2.45, 2.75) is 19.9 Å². The molecular weight excluding hydrogens is 226 g/mol. The van der Waals surface area contributed by atoms with Crippen LogP contribution in [-0.2, 0) is 4.74 Å². The van der Waals surface area contributed by atoms with Crippen molar-refractivity contribution in [2.75, 3.05) is 31.2 Å². The fraction of sp³-hybridized carbons (Fsp3) is 0.500. The number of ether oxygens (including phenoxy) is 1. The van der Waals surface area contributed by atoms with Crippen LogP contribution in [0.15, 0.2) is 34.3 Å². The minimum absolute atomic E-state index is 0.226. The van der Waals surface area contributed by atoms with Crippen molar-refractivity contribution in [2.24, 2.45) is 9.98 Å². The van der Waals surface area contributed by atoms with E-state index in [4.69, 9.17) is 4.74 Å². The molecule has 1 aromatic rings. The maximum atomic E-state index is 5.37. The summed E-state index contributed by atoms with van der Waals surface area (Å²) in [6.45, 7) is 7.39. The first-order valence-corrected chi connectivity index (χ1v) is 6.34. The Balaban J connectivity index is 2.22. The van der Waals surface area contributed by atoms with Crippen molar-refractivity contribution in [3.63, 3.8) is 0 Å². The Morgan fingerprint density at radius 3 is 2.67 bits per heavy atom. The van der Waals surface area contributed by atoms with Crippen LogP contribution in [0.2, 0.25) is 0 Å². The molecule has 0 N–H and O–H groups in total. The van der Waals surface area contributed by atoms with Gasteiger partial charge in [-0.3, -0.25) is 0 Å². The largest absolute Gasteiger partial charge is 0.378 e. The Morgan fingerprint density at radius 2 is 1.94 bits per heavy atom. The minimum Gasteiger partial charge on any atom is -0.378 e. The Hall–Kier alpha value is -1.64. The zero-order chi connectivity index (χ0) is 12.8. The number of rotatable bonds is 3. The normalized spacial score (nSPS) is 15.4. The fourth-order valence-corrected chi connectivity index (χ4v) is 1.83. The summed E-state index contributed by atoms with van der Waals surface area (Å²) in [6.07, 6.45) is 0. The van der Waals surface area contributed by atoms with Crippen LogP contribution in [0.5, 0.6) is 0 Å². The molecule has 1 fully saturated rings. The number of para-hydroxylation sites is 2. The van der Waals surface area contributed by atoms with Gasteiger partial charge in [0.05, 0.1) is 36.6 Å². The Kier molecular flexibility index (Phi) is 4.51. The number of nitrogens with zero attached hydrogens (tertiary/aromatic N) is 3. The molecule has 4 heteroatoms. The average Bonchev–Trinajstić information content (AvgIpc) is 2.40. The first kappa shape index (κ1) is 12.8. The Bertz CT molecular complexity index is 444. The van der Waals surface area contributed by atoms with Crippen molar-refractivity contribution >= 4 is 17.4 Å². The predicted octanol–water partition coefficient (Wildman–Crippen LogP) is 2.74. The maximum Gasteiger partial charge on any atom is 0.0979 e. The quantitative estimate of drug-likeness (QED) is 0.768. The van der Waals surface area contributed by atoms with Gasteiger partial charge in [-0.05, 0) is 26.0 Å². The van der Waals surface area contributed by atoms with Crippen molar-refractivity contribution in [1.29, 1.82) is 0 Å². The van der Waals surface area contributed by atoms with Gasteiger partial charge in [-0.2, -0.15) is 4.99 Å². The van der Waals surface area contributed by atoms with Crippen LogP contribution in [0.3, 0.4) is 0 Å². The standard InChI is InChI=1S/C14H19N3O/c1-12(2)15-11-16-13-5-3-4-6-14(13)17-7-9-18-10-8-17/h3-6,12H,7-10H2,1-2H3. The van der Waals surface area contributed by atoms with Crippen LogP contribution in [0.1, 0.15) is 13.8 Å². The topological polar surface area (TPSA) is 37.2 Å². The van der Waals surface area contributed by atoms with E-state index in [0.717, 1.165) is 37.7 Å². The monoisotopic (exact) mass is 245 g/mol. The minimum atomic E-state index is 0.226. The lowest BCUT2D eigenvalue weighted by Gasteiger charge is -2.29. The molecule has 1 heterocycles. The van der Waals surface area contributed by atoms with Gasteiger partial charge in [-0.1, -0.05) is 12.1 Å². The summed E-state index contributed by atoms with van der Waals surface area (Å²) in [7, 11) is 0. The van der Waals surface area contributed by atoms with Gasteiger partial charge < -0.3 is 9.64 Å². The van der Waals surface area contributed by atoms with Gasteiger partial charge in [0.15, 0.2) is 0 Å². The van der Waals surface area contributed by atoms with Gasteiger partial charge in [0.25, 0.3) is 0 Å². The molecule has 1 aromatic carbocycles. The molecular formula is C14H19N3O. The molecule has 0 aromatic heterocycles. The highest BCUT2D eigenvalue weighted by Gasteiger charge is 2.13. The number of hydrogen-bond donors (Lipinski definition) is 0. The first-order valence-electron chi connectivity index (χ1n) is 6.34. The van der Waals surface area contributed by atoms with Crippen molar-refractivity contribution in [3.8, 4) is 0 Å². The number of aliphatic imine (C=N–C) groups is 2. The van der Waals surface area contributed by atoms with E-state index in [1.54, 1.807) is 0 Å². The highest BCUT2D eigenvalue weighted by Crippen LogP contribution is 2.28. The fourth-order valence-electron chi connectivity index (χ4n) is 1.83. The molecule has 1 aliphatic rings. The number of hydrogen-bond acceptors (Lipinski definition) is 4. The lowest BCUT2D eigenvalue weighted by molar-refractivity contribution is 0.123. The van der Waals surface area contributed by atoms with Crippen LogP contribution in [0.25, 0.3) is 0 Å². The van der Waals surface area contributed by atoms with Gasteiger partial charge in [0, 0.05) is 13.1 Å². The molecule has 0 spiro atoms. The second-order valence-electron chi connectivity index (χ2n) is 4.52. The molecule has 0 bridgehead atoms. The first-order chi connectivity index (χ1) is 8.77.